The van der Waals surface area contributed by atoms with Crippen LogP contribution in [0.3, 0.4) is 0 Å². The molecule has 132 valence electrons. The summed E-state index contributed by atoms with van der Waals surface area (Å²) in [6, 6.07) is 11.8. The summed E-state index contributed by atoms with van der Waals surface area (Å²) in [6.45, 7) is 0.970. The maximum absolute atomic E-state index is 12.7. The van der Waals surface area contributed by atoms with Gasteiger partial charge >= 0.3 is 0 Å². The van der Waals surface area contributed by atoms with E-state index in [0.717, 1.165) is 11.3 Å². The van der Waals surface area contributed by atoms with Gasteiger partial charge in [0.1, 0.15) is 17.2 Å². The average molecular weight is 370 g/mol. The molecule has 0 bridgehead atoms. The van der Waals surface area contributed by atoms with Crippen LogP contribution in [0.1, 0.15) is 21.6 Å². The van der Waals surface area contributed by atoms with Crippen molar-refractivity contribution in [1.82, 2.24) is 15.1 Å². The quantitative estimate of drug-likeness (QED) is 0.646. The van der Waals surface area contributed by atoms with Crippen molar-refractivity contribution >= 4 is 17.5 Å². The zero-order chi connectivity index (χ0) is 18.3. The van der Waals surface area contributed by atoms with Crippen molar-refractivity contribution in [3.63, 3.8) is 0 Å². The standard InChI is InChI=1S/C19H16ClN3O3/c20-14-8-12(16(24)9-17(14)25)18-13-10-23(7-6-15(13)21-22-18)19(26)11-4-2-1-3-5-11/h1-5,8-9,24-25H,6-7,10H2,(H,21,22). The number of amides is 1. The van der Waals surface area contributed by atoms with Gasteiger partial charge in [0.2, 0.25) is 0 Å². The van der Waals surface area contributed by atoms with Crippen molar-refractivity contribution in [2.24, 2.45) is 0 Å². The molecule has 7 heteroatoms. The molecule has 0 fully saturated rings. The van der Waals surface area contributed by atoms with Crippen molar-refractivity contribution < 1.29 is 15.0 Å². The lowest BCUT2D eigenvalue weighted by Crippen LogP contribution is -2.35. The van der Waals surface area contributed by atoms with E-state index in [1.165, 1.54) is 12.1 Å². The normalized spacial score (nSPS) is 13.5. The van der Waals surface area contributed by atoms with Crippen LogP contribution in [0.2, 0.25) is 5.02 Å². The Morgan fingerprint density at radius 1 is 1.15 bits per heavy atom. The molecule has 1 aromatic heterocycles. The van der Waals surface area contributed by atoms with Crippen LogP contribution in [0.5, 0.6) is 11.5 Å². The van der Waals surface area contributed by atoms with Crippen LogP contribution in [0.15, 0.2) is 42.5 Å². The second-order valence-electron chi connectivity index (χ2n) is 6.19. The molecule has 0 radical (unpaired) electrons. The van der Waals surface area contributed by atoms with Gasteiger partial charge in [-0.3, -0.25) is 9.89 Å². The number of rotatable bonds is 2. The molecule has 2 aromatic carbocycles. The molecule has 1 aliphatic rings. The molecule has 0 atom stereocenters. The topological polar surface area (TPSA) is 89.5 Å². The Balaban J connectivity index is 1.69. The first-order valence-electron chi connectivity index (χ1n) is 8.17. The number of H-pyrrole nitrogens is 1. The molecular weight excluding hydrogens is 354 g/mol. The lowest BCUT2D eigenvalue weighted by molar-refractivity contribution is 0.0734. The molecule has 4 rings (SSSR count). The second-order valence-corrected chi connectivity index (χ2v) is 6.60. The molecule has 0 unspecified atom stereocenters. The molecule has 0 saturated carbocycles. The first kappa shape index (κ1) is 16.5. The number of nitrogens with zero attached hydrogens (tertiary/aromatic N) is 2. The smallest absolute Gasteiger partial charge is 0.254 e. The summed E-state index contributed by atoms with van der Waals surface area (Å²) in [6.07, 6.45) is 0.646. The molecule has 1 aliphatic heterocycles. The van der Waals surface area contributed by atoms with Crippen LogP contribution in [-0.4, -0.2) is 37.8 Å². The highest BCUT2D eigenvalue weighted by Crippen LogP contribution is 2.39. The number of benzene rings is 2. The fourth-order valence-electron chi connectivity index (χ4n) is 3.19. The van der Waals surface area contributed by atoms with Gasteiger partial charge in [-0.1, -0.05) is 29.8 Å². The summed E-state index contributed by atoms with van der Waals surface area (Å²) >= 11 is 5.98. The third-order valence-corrected chi connectivity index (χ3v) is 4.86. The summed E-state index contributed by atoms with van der Waals surface area (Å²) in [5.41, 5.74) is 3.36. The predicted molar refractivity (Wildman–Crippen MR) is 97.2 cm³/mol. The molecule has 26 heavy (non-hydrogen) atoms. The molecule has 0 saturated heterocycles. The van der Waals surface area contributed by atoms with Crippen LogP contribution in [0.25, 0.3) is 11.3 Å². The van der Waals surface area contributed by atoms with Crippen molar-refractivity contribution in [1.29, 1.82) is 0 Å². The Bertz CT molecular complexity index is 985. The van der Waals surface area contributed by atoms with Gasteiger partial charge in [-0.05, 0) is 18.2 Å². The number of phenols is 2. The zero-order valence-electron chi connectivity index (χ0n) is 13.7. The Labute approximate surface area is 154 Å². The maximum atomic E-state index is 12.7. The first-order valence-corrected chi connectivity index (χ1v) is 8.54. The number of carbonyl (C=O) groups is 1. The monoisotopic (exact) mass is 369 g/mol. The summed E-state index contributed by atoms with van der Waals surface area (Å²) in [7, 11) is 0. The molecule has 6 nitrogen and oxygen atoms in total. The maximum Gasteiger partial charge on any atom is 0.254 e. The minimum Gasteiger partial charge on any atom is -0.507 e. The van der Waals surface area contributed by atoms with E-state index in [-0.39, 0.29) is 22.4 Å². The van der Waals surface area contributed by atoms with Gasteiger partial charge in [0.15, 0.2) is 0 Å². The van der Waals surface area contributed by atoms with Gasteiger partial charge in [-0.2, -0.15) is 5.10 Å². The zero-order valence-corrected chi connectivity index (χ0v) is 14.5. The third kappa shape index (κ3) is 2.78. The number of carbonyl (C=O) groups excluding carboxylic acids is 1. The van der Waals surface area contributed by atoms with Crippen LogP contribution < -0.4 is 0 Å². The van der Waals surface area contributed by atoms with Gasteiger partial charge in [0, 0.05) is 48.0 Å². The molecule has 3 N–H and O–H groups in total. The fraction of sp³-hybridized carbons (Fsp3) is 0.158. The van der Waals surface area contributed by atoms with Crippen LogP contribution in [-0.2, 0) is 13.0 Å². The van der Waals surface area contributed by atoms with Gasteiger partial charge in [0.25, 0.3) is 5.91 Å². The lowest BCUT2D eigenvalue weighted by atomic mass is 9.99. The lowest BCUT2D eigenvalue weighted by Gasteiger charge is -2.27. The van der Waals surface area contributed by atoms with E-state index in [9.17, 15) is 15.0 Å². The number of hydrogen-bond acceptors (Lipinski definition) is 4. The number of aromatic nitrogens is 2. The number of halogens is 1. The highest BCUT2D eigenvalue weighted by atomic mass is 35.5. The van der Waals surface area contributed by atoms with Gasteiger partial charge < -0.3 is 15.1 Å². The summed E-state index contributed by atoms with van der Waals surface area (Å²) in [5, 5.41) is 27.2. The number of phenolic OH excluding ortho intramolecular Hbond substituents is 2. The SMILES string of the molecule is O=C(c1ccccc1)N1CCc2[nH]nc(-c3cc(Cl)c(O)cc3O)c2C1. The van der Waals surface area contributed by atoms with Crippen molar-refractivity contribution in [2.75, 3.05) is 6.54 Å². The number of hydrogen-bond donors (Lipinski definition) is 3. The Kier molecular flexibility index (Phi) is 4.05. The molecule has 1 amide bonds. The fourth-order valence-corrected chi connectivity index (χ4v) is 3.36. The van der Waals surface area contributed by atoms with Gasteiger partial charge in [-0.15, -0.1) is 0 Å². The van der Waals surface area contributed by atoms with Crippen molar-refractivity contribution in [2.45, 2.75) is 13.0 Å². The van der Waals surface area contributed by atoms with E-state index in [1.54, 1.807) is 17.0 Å². The molecule has 3 aromatic rings. The Morgan fingerprint density at radius 3 is 2.69 bits per heavy atom. The average Bonchev–Trinajstić information content (AvgIpc) is 3.08. The molecule has 2 heterocycles. The van der Waals surface area contributed by atoms with Crippen LogP contribution in [0.4, 0.5) is 0 Å². The highest BCUT2D eigenvalue weighted by molar-refractivity contribution is 6.32. The van der Waals surface area contributed by atoms with E-state index >= 15 is 0 Å². The summed E-state index contributed by atoms with van der Waals surface area (Å²) in [4.78, 5) is 14.5. The van der Waals surface area contributed by atoms with E-state index in [0.29, 0.717) is 36.3 Å². The Hall–Kier alpha value is -2.99. The largest absolute Gasteiger partial charge is 0.507 e. The minimum atomic E-state index is -0.196. The first-order chi connectivity index (χ1) is 12.5. The van der Waals surface area contributed by atoms with E-state index in [2.05, 4.69) is 10.2 Å². The predicted octanol–water partition coefficient (Wildman–Crippen LogP) is 3.34. The Morgan fingerprint density at radius 2 is 1.92 bits per heavy atom. The minimum absolute atomic E-state index is 0.0450. The number of aromatic hydroxyl groups is 2. The molecule has 0 aliphatic carbocycles. The third-order valence-electron chi connectivity index (χ3n) is 4.56. The summed E-state index contributed by atoms with van der Waals surface area (Å²) < 4.78 is 0. The molecular formula is C19H16ClN3O3. The van der Waals surface area contributed by atoms with Crippen molar-refractivity contribution in [3.05, 3.63) is 64.3 Å². The van der Waals surface area contributed by atoms with E-state index in [4.69, 9.17) is 11.6 Å². The molecule has 0 spiro atoms. The van der Waals surface area contributed by atoms with E-state index < -0.39 is 0 Å². The van der Waals surface area contributed by atoms with E-state index in [1.807, 2.05) is 18.2 Å². The van der Waals surface area contributed by atoms with Crippen LogP contribution >= 0.6 is 11.6 Å². The van der Waals surface area contributed by atoms with Crippen molar-refractivity contribution in [3.8, 4) is 22.8 Å². The summed E-state index contributed by atoms with van der Waals surface area (Å²) in [5.74, 6) is -0.359. The number of aromatic amines is 1. The van der Waals surface area contributed by atoms with Gasteiger partial charge in [-0.25, -0.2) is 0 Å². The number of nitrogens with one attached hydrogen (secondary N) is 1. The highest BCUT2D eigenvalue weighted by Gasteiger charge is 2.27. The van der Waals surface area contributed by atoms with Gasteiger partial charge in [0.05, 0.1) is 5.02 Å². The second kappa shape index (κ2) is 6.38. The number of fused-ring (bicyclic) bond motifs is 1. The van der Waals surface area contributed by atoms with Crippen LogP contribution in [0, 0.1) is 0 Å².